The van der Waals surface area contributed by atoms with Crippen molar-refractivity contribution in [2.75, 3.05) is 25.1 Å². The number of aliphatic carboxylic acids is 1. The maximum atomic E-state index is 12.0. The number of thioether (sulfide) groups is 1. The Morgan fingerprint density at radius 2 is 2.00 bits per heavy atom. The van der Waals surface area contributed by atoms with Crippen LogP contribution in [0.3, 0.4) is 0 Å². The van der Waals surface area contributed by atoms with E-state index in [1.165, 1.54) is 11.8 Å². The second kappa shape index (κ2) is 7.59. The molecule has 1 saturated heterocycles. The van der Waals surface area contributed by atoms with Crippen molar-refractivity contribution in [1.29, 1.82) is 0 Å². The van der Waals surface area contributed by atoms with E-state index in [-0.39, 0.29) is 18.2 Å². The molecule has 1 N–H and O–H groups in total. The highest BCUT2D eigenvalue weighted by Gasteiger charge is 2.27. The normalized spacial score (nSPS) is 24.9. The Bertz CT molecular complexity index is 317. The standard InChI is InChI=1S/C12H22N2O4S/c1-8-6-14(7-9(2)18-8)12(17)13-10(11(15)16)4-5-19-3/h8-10H,4-7H2,1-3H3,(H,13,17)(H,15,16)/p-1/t8-,9+,10-/m0/s1. The van der Waals surface area contributed by atoms with Gasteiger partial charge in [-0.25, -0.2) is 4.79 Å². The summed E-state index contributed by atoms with van der Waals surface area (Å²) in [4.78, 5) is 24.6. The molecule has 2 amide bonds. The van der Waals surface area contributed by atoms with Crippen molar-refractivity contribution in [1.82, 2.24) is 10.2 Å². The SMILES string of the molecule is CSCC[C@H](NC(=O)N1C[C@@H](C)O[C@@H](C)C1)C(=O)[O-]. The van der Waals surface area contributed by atoms with Gasteiger partial charge in [0.05, 0.1) is 24.2 Å². The summed E-state index contributed by atoms with van der Waals surface area (Å²) >= 11 is 1.53. The predicted octanol–water partition coefficient (Wildman–Crippen LogP) is -0.323. The number of hydrogen-bond donors (Lipinski definition) is 1. The molecule has 0 bridgehead atoms. The molecule has 1 rings (SSSR count). The van der Waals surface area contributed by atoms with E-state index in [1.807, 2.05) is 20.1 Å². The first kappa shape index (κ1) is 16.1. The summed E-state index contributed by atoms with van der Waals surface area (Å²) in [7, 11) is 0. The van der Waals surface area contributed by atoms with Crippen LogP contribution in [-0.4, -0.2) is 60.2 Å². The number of nitrogens with one attached hydrogen (secondary N) is 1. The number of urea groups is 1. The molecule has 0 unspecified atom stereocenters. The zero-order valence-corrected chi connectivity index (χ0v) is 12.4. The van der Waals surface area contributed by atoms with Gasteiger partial charge >= 0.3 is 6.03 Å². The van der Waals surface area contributed by atoms with E-state index in [4.69, 9.17) is 4.74 Å². The summed E-state index contributed by atoms with van der Waals surface area (Å²) in [5.41, 5.74) is 0. The number of carbonyl (C=O) groups is 2. The first-order valence-electron chi connectivity index (χ1n) is 6.34. The highest BCUT2D eigenvalue weighted by Crippen LogP contribution is 2.11. The van der Waals surface area contributed by atoms with E-state index in [9.17, 15) is 14.7 Å². The molecule has 1 aliphatic rings. The van der Waals surface area contributed by atoms with Crippen LogP contribution in [0.4, 0.5) is 4.79 Å². The average molecular weight is 289 g/mol. The molecule has 3 atom stereocenters. The Morgan fingerprint density at radius 3 is 2.47 bits per heavy atom. The number of rotatable bonds is 5. The highest BCUT2D eigenvalue weighted by molar-refractivity contribution is 7.98. The van der Waals surface area contributed by atoms with Gasteiger partial charge in [0.1, 0.15) is 0 Å². The van der Waals surface area contributed by atoms with Crippen molar-refractivity contribution in [3.63, 3.8) is 0 Å². The second-order valence-corrected chi connectivity index (χ2v) is 5.75. The largest absolute Gasteiger partial charge is 0.548 e. The summed E-state index contributed by atoms with van der Waals surface area (Å²) in [6.07, 6.45) is 2.17. The summed E-state index contributed by atoms with van der Waals surface area (Å²) in [6, 6.07) is -1.30. The van der Waals surface area contributed by atoms with Gasteiger partial charge in [-0.1, -0.05) is 0 Å². The molecule has 110 valence electrons. The van der Waals surface area contributed by atoms with Crippen molar-refractivity contribution >= 4 is 23.8 Å². The first-order chi connectivity index (χ1) is 8.93. The third kappa shape index (κ3) is 5.28. The van der Waals surface area contributed by atoms with Crippen molar-refractivity contribution in [3.05, 3.63) is 0 Å². The van der Waals surface area contributed by atoms with Crippen molar-refractivity contribution in [2.45, 2.75) is 38.5 Å². The van der Waals surface area contributed by atoms with E-state index < -0.39 is 12.0 Å². The summed E-state index contributed by atoms with van der Waals surface area (Å²) in [5, 5.41) is 13.5. The Morgan fingerprint density at radius 1 is 1.42 bits per heavy atom. The van der Waals surface area contributed by atoms with Gasteiger partial charge < -0.3 is 24.9 Å². The van der Waals surface area contributed by atoms with Gasteiger partial charge in [-0.3, -0.25) is 0 Å². The lowest BCUT2D eigenvalue weighted by molar-refractivity contribution is -0.308. The van der Waals surface area contributed by atoms with E-state index in [0.29, 0.717) is 25.3 Å². The van der Waals surface area contributed by atoms with Gasteiger partial charge in [0.15, 0.2) is 0 Å². The summed E-state index contributed by atoms with van der Waals surface area (Å²) < 4.78 is 5.53. The lowest BCUT2D eigenvalue weighted by Crippen LogP contribution is -2.56. The minimum atomic E-state index is -1.24. The van der Waals surface area contributed by atoms with Crippen molar-refractivity contribution < 1.29 is 19.4 Å². The topological polar surface area (TPSA) is 81.7 Å². The lowest BCUT2D eigenvalue weighted by atomic mass is 10.2. The fourth-order valence-corrected chi connectivity index (χ4v) is 2.54. The van der Waals surface area contributed by atoms with E-state index >= 15 is 0 Å². The molecular weight excluding hydrogens is 268 g/mol. The quantitative estimate of drug-likeness (QED) is 0.750. The molecule has 0 aliphatic carbocycles. The molecule has 0 aromatic carbocycles. The number of nitrogens with zero attached hydrogens (tertiary/aromatic N) is 1. The zero-order chi connectivity index (χ0) is 14.4. The molecule has 7 heteroatoms. The average Bonchev–Trinajstić information content (AvgIpc) is 2.32. The number of amides is 2. The molecule has 6 nitrogen and oxygen atoms in total. The van der Waals surface area contributed by atoms with Gasteiger partial charge in [-0.05, 0) is 32.3 Å². The van der Waals surface area contributed by atoms with Crippen LogP contribution in [0.1, 0.15) is 20.3 Å². The van der Waals surface area contributed by atoms with Gasteiger partial charge in [0, 0.05) is 13.1 Å². The van der Waals surface area contributed by atoms with Crippen LogP contribution in [-0.2, 0) is 9.53 Å². The van der Waals surface area contributed by atoms with Gasteiger partial charge in [0.25, 0.3) is 0 Å². The summed E-state index contributed by atoms with van der Waals surface area (Å²) in [5.74, 6) is -0.578. The third-order valence-corrected chi connectivity index (χ3v) is 3.54. The molecule has 0 saturated carbocycles. The molecule has 1 heterocycles. The van der Waals surface area contributed by atoms with Crippen LogP contribution in [0.25, 0.3) is 0 Å². The molecule has 0 radical (unpaired) electrons. The molecule has 0 aromatic rings. The zero-order valence-electron chi connectivity index (χ0n) is 11.5. The minimum absolute atomic E-state index is 0.0397. The fourth-order valence-electron chi connectivity index (χ4n) is 2.07. The third-order valence-electron chi connectivity index (χ3n) is 2.90. The Balaban J connectivity index is 2.53. The number of ether oxygens (including phenoxy) is 1. The van der Waals surface area contributed by atoms with E-state index in [2.05, 4.69) is 5.32 Å². The monoisotopic (exact) mass is 289 g/mol. The Labute approximate surface area is 117 Å². The minimum Gasteiger partial charge on any atom is -0.548 e. The predicted molar refractivity (Wildman–Crippen MR) is 71.9 cm³/mol. The van der Waals surface area contributed by atoms with E-state index in [0.717, 1.165) is 0 Å². The number of carboxylic acids is 1. The number of hydrogen-bond acceptors (Lipinski definition) is 5. The van der Waals surface area contributed by atoms with Crippen LogP contribution in [0.15, 0.2) is 0 Å². The Hall–Kier alpha value is -0.950. The van der Waals surface area contributed by atoms with Crippen molar-refractivity contribution in [3.8, 4) is 0 Å². The van der Waals surface area contributed by atoms with Gasteiger partial charge in [-0.15, -0.1) is 0 Å². The molecule has 0 aromatic heterocycles. The summed E-state index contributed by atoms with van der Waals surface area (Å²) in [6.45, 7) is 4.72. The number of carboxylic acid groups (broad SMARTS) is 1. The molecule has 1 fully saturated rings. The number of morpholine rings is 1. The number of carbonyl (C=O) groups excluding carboxylic acids is 2. The van der Waals surface area contributed by atoms with Crippen molar-refractivity contribution in [2.24, 2.45) is 0 Å². The smallest absolute Gasteiger partial charge is 0.318 e. The van der Waals surface area contributed by atoms with Crippen LogP contribution in [0.2, 0.25) is 0 Å². The maximum absolute atomic E-state index is 12.0. The van der Waals surface area contributed by atoms with Gasteiger partial charge in [-0.2, -0.15) is 11.8 Å². The van der Waals surface area contributed by atoms with Crippen LogP contribution in [0.5, 0.6) is 0 Å². The maximum Gasteiger partial charge on any atom is 0.318 e. The molecule has 19 heavy (non-hydrogen) atoms. The highest BCUT2D eigenvalue weighted by atomic mass is 32.2. The lowest BCUT2D eigenvalue weighted by Gasteiger charge is -2.36. The molecular formula is C12H21N2O4S-. The molecule has 0 spiro atoms. The molecule has 1 aliphatic heterocycles. The second-order valence-electron chi connectivity index (χ2n) is 4.76. The Kier molecular flexibility index (Phi) is 6.44. The van der Waals surface area contributed by atoms with Crippen LogP contribution >= 0.6 is 11.8 Å². The van der Waals surface area contributed by atoms with E-state index in [1.54, 1.807) is 4.90 Å². The van der Waals surface area contributed by atoms with Crippen LogP contribution < -0.4 is 10.4 Å². The first-order valence-corrected chi connectivity index (χ1v) is 7.74. The fraction of sp³-hybridized carbons (Fsp3) is 0.833. The van der Waals surface area contributed by atoms with Gasteiger partial charge in [0.2, 0.25) is 0 Å². The van der Waals surface area contributed by atoms with Crippen LogP contribution in [0, 0.1) is 0 Å².